The first-order valence-electron chi connectivity index (χ1n) is 8.58. The van der Waals surface area contributed by atoms with Crippen LogP contribution in [0.2, 0.25) is 5.02 Å². The van der Waals surface area contributed by atoms with Crippen molar-refractivity contribution >= 4 is 44.3 Å². The Morgan fingerprint density at radius 2 is 2.11 bits per heavy atom. The zero-order valence-corrected chi connectivity index (χ0v) is 16.6. The highest BCUT2D eigenvalue weighted by atomic mass is 35.5. The van der Waals surface area contributed by atoms with Crippen LogP contribution >= 0.6 is 11.6 Å². The Morgan fingerprint density at radius 1 is 1.37 bits per heavy atom. The molecule has 0 bridgehead atoms. The normalized spacial score (nSPS) is 18.6. The summed E-state index contributed by atoms with van der Waals surface area (Å²) < 4.78 is 33.9. The van der Waals surface area contributed by atoms with E-state index in [1.54, 1.807) is 32.0 Å². The molecule has 1 aromatic carbocycles. The van der Waals surface area contributed by atoms with Crippen LogP contribution in [0, 0.1) is 6.92 Å². The summed E-state index contributed by atoms with van der Waals surface area (Å²) in [7, 11) is -3.11. The van der Waals surface area contributed by atoms with Crippen LogP contribution in [0.3, 0.4) is 0 Å². The molecule has 1 aliphatic rings. The second-order valence-corrected chi connectivity index (χ2v) is 9.12. The van der Waals surface area contributed by atoms with Crippen LogP contribution in [-0.4, -0.2) is 55.9 Å². The maximum Gasteiger partial charge on any atom is 0.375 e. The monoisotopic (exact) mass is 413 g/mol. The minimum Gasteiger partial charge on any atom is -0.450 e. The predicted molar refractivity (Wildman–Crippen MR) is 101 cm³/mol. The number of rotatable bonds is 5. The first-order valence-corrected chi connectivity index (χ1v) is 10.8. The van der Waals surface area contributed by atoms with Gasteiger partial charge in [-0.15, -0.1) is 0 Å². The maximum atomic E-state index is 12.4. The Hall–Kier alpha value is -2.06. The number of para-hydroxylation sites is 1. The molecule has 1 saturated heterocycles. The van der Waals surface area contributed by atoms with Gasteiger partial charge in [0, 0.05) is 23.5 Å². The van der Waals surface area contributed by atoms with Crippen LogP contribution in [-0.2, 0) is 19.4 Å². The third-order valence-electron chi connectivity index (χ3n) is 4.74. The second kappa shape index (κ2) is 7.52. The van der Waals surface area contributed by atoms with Crippen LogP contribution in [0.1, 0.15) is 29.5 Å². The minimum atomic E-state index is -3.11. The van der Waals surface area contributed by atoms with Crippen LogP contribution in [0.5, 0.6) is 0 Å². The fourth-order valence-electron chi connectivity index (χ4n) is 3.34. The summed E-state index contributed by atoms with van der Waals surface area (Å²) in [6.07, 6.45) is 0.400. The quantitative estimate of drug-likeness (QED) is 0.699. The molecule has 1 aliphatic heterocycles. The number of fused-ring (bicyclic) bond motifs is 1. The van der Waals surface area contributed by atoms with E-state index in [2.05, 4.69) is 0 Å². The predicted octanol–water partition coefficient (Wildman–Crippen LogP) is 2.59. The fourth-order valence-corrected chi connectivity index (χ4v) is 5.28. The Balaban J connectivity index is 1.69. The number of carbonyl (C=O) groups is 2. The van der Waals surface area contributed by atoms with Gasteiger partial charge in [0.2, 0.25) is 5.76 Å². The van der Waals surface area contributed by atoms with Crippen molar-refractivity contribution in [3.8, 4) is 0 Å². The molecule has 0 radical (unpaired) electrons. The molecule has 27 heavy (non-hydrogen) atoms. The molecule has 146 valence electrons. The molecule has 1 aromatic heterocycles. The van der Waals surface area contributed by atoms with Crippen molar-refractivity contribution in [2.45, 2.75) is 26.3 Å². The summed E-state index contributed by atoms with van der Waals surface area (Å²) in [5.74, 6) is -1.18. The summed E-state index contributed by atoms with van der Waals surface area (Å²) >= 11 is 6.07. The molecule has 1 amide bonds. The number of sulfone groups is 1. The highest BCUT2D eigenvalue weighted by molar-refractivity contribution is 7.91. The van der Waals surface area contributed by atoms with Gasteiger partial charge < -0.3 is 14.1 Å². The van der Waals surface area contributed by atoms with Gasteiger partial charge in [-0.3, -0.25) is 4.79 Å². The largest absolute Gasteiger partial charge is 0.450 e. The minimum absolute atomic E-state index is 0.00241. The first-order chi connectivity index (χ1) is 12.7. The van der Waals surface area contributed by atoms with Gasteiger partial charge in [-0.2, -0.15) is 0 Å². The summed E-state index contributed by atoms with van der Waals surface area (Å²) in [5, 5.41) is 1.08. The zero-order valence-electron chi connectivity index (χ0n) is 15.0. The van der Waals surface area contributed by atoms with Gasteiger partial charge in [-0.05, 0) is 26.3 Å². The van der Waals surface area contributed by atoms with Crippen LogP contribution in [0.25, 0.3) is 11.0 Å². The van der Waals surface area contributed by atoms with E-state index in [1.165, 1.54) is 4.90 Å². The van der Waals surface area contributed by atoms with Gasteiger partial charge in [0.05, 0.1) is 16.5 Å². The van der Waals surface area contributed by atoms with Crippen molar-refractivity contribution in [1.82, 2.24) is 4.90 Å². The number of hydrogen-bond donors (Lipinski definition) is 0. The topological polar surface area (TPSA) is 93.9 Å². The van der Waals surface area contributed by atoms with E-state index in [-0.39, 0.29) is 23.3 Å². The molecule has 1 fully saturated rings. The molecule has 7 nitrogen and oxygen atoms in total. The van der Waals surface area contributed by atoms with E-state index in [0.717, 1.165) is 0 Å². The highest BCUT2D eigenvalue weighted by Gasteiger charge is 2.34. The van der Waals surface area contributed by atoms with Crippen LogP contribution in [0.15, 0.2) is 22.6 Å². The zero-order chi connectivity index (χ0) is 19.8. The first kappa shape index (κ1) is 19.7. The molecule has 0 spiro atoms. The molecule has 1 atom stereocenters. The van der Waals surface area contributed by atoms with Gasteiger partial charge in [-0.1, -0.05) is 23.7 Å². The molecular formula is C18H20ClNO6S. The number of carbonyl (C=O) groups excluding carboxylic acids is 2. The Bertz CT molecular complexity index is 997. The van der Waals surface area contributed by atoms with Gasteiger partial charge >= 0.3 is 5.97 Å². The molecule has 0 saturated carbocycles. The number of esters is 1. The molecule has 1 unspecified atom stereocenters. The van der Waals surface area contributed by atoms with Crippen molar-refractivity contribution in [3.05, 3.63) is 34.5 Å². The number of nitrogens with zero attached hydrogens (tertiary/aromatic N) is 1. The van der Waals surface area contributed by atoms with Crippen LogP contribution in [0.4, 0.5) is 0 Å². The van der Waals surface area contributed by atoms with E-state index in [4.69, 9.17) is 20.8 Å². The van der Waals surface area contributed by atoms with E-state index in [9.17, 15) is 18.0 Å². The summed E-state index contributed by atoms with van der Waals surface area (Å²) in [6.45, 7) is 3.33. The number of amides is 1. The number of hydrogen-bond acceptors (Lipinski definition) is 6. The molecule has 9 heteroatoms. The SMILES string of the molecule is CCN(C(=O)COC(=O)c1oc2c(Cl)cccc2c1C)C1CCS(=O)(=O)C1. The second-order valence-electron chi connectivity index (χ2n) is 6.49. The van der Waals surface area contributed by atoms with Crippen molar-refractivity contribution in [1.29, 1.82) is 0 Å². The molecule has 0 aliphatic carbocycles. The van der Waals surface area contributed by atoms with E-state index in [1.807, 2.05) is 0 Å². The smallest absolute Gasteiger partial charge is 0.375 e. The van der Waals surface area contributed by atoms with E-state index in [0.29, 0.717) is 34.5 Å². The lowest BCUT2D eigenvalue weighted by Crippen LogP contribution is -2.43. The standard InChI is InChI=1S/C18H20ClNO6S/c1-3-20(12-7-8-27(23,24)10-12)15(21)9-25-18(22)16-11(2)13-5-4-6-14(19)17(13)26-16/h4-6,12H,3,7-10H2,1-2H3. The number of furan rings is 1. The lowest BCUT2D eigenvalue weighted by molar-refractivity contribution is -0.136. The Labute approximate surface area is 162 Å². The number of aryl methyl sites for hydroxylation is 1. The van der Waals surface area contributed by atoms with Gasteiger partial charge in [-0.25, -0.2) is 13.2 Å². The van der Waals surface area contributed by atoms with Crippen molar-refractivity contribution < 1.29 is 27.2 Å². The number of ether oxygens (including phenoxy) is 1. The molecule has 3 rings (SSSR count). The van der Waals surface area contributed by atoms with E-state index >= 15 is 0 Å². The number of halogens is 1. The molecule has 2 heterocycles. The highest BCUT2D eigenvalue weighted by Crippen LogP contribution is 2.31. The van der Waals surface area contributed by atoms with Crippen molar-refractivity contribution in [3.63, 3.8) is 0 Å². The van der Waals surface area contributed by atoms with Gasteiger partial charge in [0.15, 0.2) is 22.0 Å². The van der Waals surface area contributed by atoms with Crippen LogP contribution < -0.4 is 0 Å². The molecule has 0 N–H and O–H groups in total. The summed E-state index contributed by atoms with van der Waals surface area (Å²) in [5.41, 5.74) is 0.973. The van der Waals surface area contributed by atoms with Crippen molar-refractivity contribution in [2.24, 2.45) is 0 Å². The average Bonchev–Trinajstić information content (AvgIpc) is 3.14. The Kier molecular flexibility index (Phi) is 5.48. The maximum absolute atomic E-state index is 12.4. The fraction of sp³-hybridized carbons (Fsp3) is 0.444. The van der Waals surface area contributed by atoms with E-state index < -0.39 is 28.3 Å². The lowest BCUT2D eigenvalue weighted by Gasteiger charge is -2.26. The molecular weight excluding hydrogens is 394 g/mol. The summed E-state index contributed by atoms with van der Waals surface area (Å²) in [6, 6.07) is 4.81. The van der Waals surface area contributed by atoms with Crippen molar-refractivity contribution in [2.75, 3.05) is 24.7 Å². The summed E-state index contributed by atoms with van der Waals surface area (Å²) in [4.78, 5) is 26.2. The Morgan fingerprint density at radius 3 is 2.70 bits per heavy atom. The number of benzene rings is 1. The van der Waals surface area contributed by atoms with Gasteiger partial charge in [0.25, 0.3) is 5.91 Å². The third kappa shape index (κ3) is 3.96. The third-order valence-corrected chi connectivity index (χ3v) is 6.79. The lowest BCUT2D eigenvalue weighted by atomic mass is 10.1. The number of likely N-dealkylation sites (N-methyl/N-ethyl adjacent to an activating group) is 1. The molecule has 2 aromatic rings. The average molecular weight is 414 g/mol. The van der Waals surface area contributed by atoms with Gasteiger partial charge in [0.1, 0.15) is 0 Å².